The molecule has 0 aliphatic rings. The third-order valence-electron chi connectivity index (χ3n) is 6.01. The maximum absolute atomic E-state index is 13.5. The minimum atomic E-state index is -0.265. The minimum absolute atomic E-state index is 0.219. The second-order valence-electron chi connectivity index (χ2n) is 8.66. The van der Waals surface area contributed by atoms with Crippen molar-refractivity contribution in [2.45, 2.75) is 6.92 Å². The summed E-state index contributed by atoms with van der Waals surface area (Å²) >= 11 is 0. The molecule has 0 spiro atoms. The van der Waals surface area contributed by atoms with Crippen molar-refractivity contribution in [3.63, 3.8) is 0 Å². The highest BCUT2D eigenvalue weighted by molar-refractivity contribution is 6.13. The van der Waals surface area contributed by atoms with Gasteiger partial charge >= 0.3 is 0 Å². The average molecular weight is 488 g/mol. The van der Waals surface area contributed by atoms with Crippen molar-refractivity contribution < 1.29 is 14.3 Å². The fourth-order valence-corrected chi connectivity index (χ4v) is 4.10. The Morgan fingerprint density at radius 2 is 1.43 bits per heavy atom. The lowest BCUT2D eigenvalue weighted by Crippen LogP contribution is -2.14. The molecule has 0 aliphatic heterocycles. The van der Waals surface area contributed by atoms with E-state index < -0.39 is 0 Å². The number of carbonyl (C=O) groups is 2. The van der Waals surface area contributed by atoms with E-state index in [2.05, 4.69) is 10.6 Å². The van der Waals surface area contributed by atoms with Gasteiger partial charge in [0.1, 0.15) is 5.75 Å². The summed E-state index contributed by atoms with van der Waals surface area (Å²) in [7, 11) is 1.62. The van der Waals surface area contributed by atoms with Crippen LogP contribution in [0.5, 0.6) is 5.75 Å². The number of fused-ring (bicyclic) bond motifs is 1. The molecule has 37 heavy (non-hydrogen) atoms. The van der Waals surface area contributed by atoms with Crippen LogP contribution in [0.15, 0.2) is 103 Å². The maximum Gasteiger partial charge on any atom is 0.256 e. The molecule has 1 heterocycles. The zero-order valence-electron chi connectivity index (χ0n) is 20.5. The predicted octanol–water partition coefficient (Wildman–Crippen LogP) is 6.72. The smallest absolute Gasteiger partial charge is 0.256 e. The molecule has 0 fully saturated rings. The lowest BCUT2D eigenvalue weighted by Gasteiger charge is -2.13. The van der Waals surface area contributed by atoms with E-state index in [4.69, 9.17) is 9.72 Å². The van der Waals surface area contributed by atoms with Crippen LogP contribution in [-0.2, 0) is 0 Å². The van der Waals surface area contributed by atoms with Gasteiger partial charge in [0.25, 0.3) is 11.8 Å². The number of aryl methyl sites for hydroxylation is 1. The standard InChI is InChI=1S/C31H25N3O3/c1-20-11-16-28-26(17-20)27(19-29(34-28)21-12-14-25(37-2)15-13-21)31(36)33-24-10-6-9-23(18-24)32-30(35)22-7-4-3-5-8-22/h3-19H,1-2H3,(H,32,35)(H,33,36). The average Bonchev–Trinajstić information content (AvgIpc) is 2.93. The summed E-state index contributed by atoms with van der Waals surface area (Å²) in [6, 6.07) is 31.3. The van der Waals surface area contributed by atoms with E-state index in [9.17, 15) is 9.59 Å². The first kappa shape index (κ1) is 23.8. The van der Waals surface area contributed by atoms with Gasteiger partial charge in [0.2, 0.25) is 0 Å². The zero-order valence-corrected chi connectivity index (χ0v) is 20.5. The number of nitrogens with zero attached hydrogens (tertiary/aromatic N) is 1. The Balaban J connectivity index is 1.45. The van der Waals surface area contributed by atoms with Gasteiger partial charge in [0, 0.05) is 27.9 Å². The van der Waals surface area contributed by atoms with Gasteiger partial charge in [0.05, 0.1) is 23.9 Å². The first-order chi connectivity index (χ1) is 18.0. The summed E-state index contributed by atoms with van der Waals surface area (Å²) < 4.78 is 5.26. The van der Waals surface area contributed by atoms with Gasteiger partial charge in [-0.05, 0) is 79.7 Å². The van der Waals surface area contributed by atoms with E-state index in [0.717, 1.165) is 27.8 Å². The van der Waals surface area contributed by atoms with Crippen LogP contribution in [0.25, 0.3) is 22.2 Å². The predicted molar refractivity (Wildman–Crippen MR) is 147 cm³/mol. The lowest BCUT2D eigenvalue weighted by molar-refractivity contribution is 0.102. The van der Waals surface area contributed by atoms with Gasteiger partial charge in [-0.25, -0.2) is 4.98 Å². The molecule has 6 nitrogen and oxygen atoms in total. The number of pyridine rings is 1. The van der Waals surface area contributed by atoms with Crippen molar-refractivity contribution in [1.82, 2.24) is 4.98 Å². The summed E-state index contributed by atoms with van der Waals surface area (Å²) in [5, 5.41) is 6.63. The first-order valence-corrected chi connectivity index (χ1v) is 11.8. The molecule has 0 radical (unpaired) electrons. The Hall–Kier alpha value is -4.97. The number of nitrogens with one attached hydrogen (secondary N) is 2. The van der Waals surface area contributed by atoms with Gasteiger partial charge in [-0.3, -0.25) is 9.59 Å². The monoisotopic (exact) mass is 487 g/mol. The zero-order chi connectivity index (χ0) is 25.8. The van der Waals surface area contributed by atoms with Crippen molar-refractivity contribution in [1.29, 1.82) is 0 Å². The van der Waals surface area contributed by atoms with E-state index in [1.54, 1.807) is 49.6 Å². The molecule has 6 heteroatoms. The third-order valence-corrected chi connectivity index (χ3v) is 6.01. The molecule has 0 saturated carbocycles. The topological polar surface area (TPSA) is 80.3 Å². The van der Waals surface area contributed by atoms with Crippen LogP contribution in [0, 0.1) is 6.92 Å². The molecule has 182 valence electrons. The van der Waals surface area contributed by atoms with Crippen LogP contribution in [-0.4, -0.2) is 23.9 Å². The normalized spacial score (nSPS) is 10.6. The fourth-order valence-electron chi connectivity index (χ4n) is 4.10. The molecule has 1 aromatic heterocycles. The van der Waals surface area contributed by atoms with Crippen molar-refractivity contribution in [3.8, 4) is 17.0 Å². The number of ether oxygens (including phenoxy) is 1. The largest absolute Gasteiger partial charge is 0.497 e. The van der Waals surface area contributed by atoms with Crippen molar-refractivity contribution >= 4 is 34.1 Å². The van der Waals surface area contributed by atoms with E-state index in [0.29, 0.717) is 28.2 Å². The van der Waals surface area contributed by atoms with Gasteiger partial charge < -0.3 is 15.4 Å². The number of anilines is 2. The highest BCUT2D eigenvalue weighted by Gasteiger charge is 2.15. The summed E-state index contributed by atoms with van der Waals surface area (Å²) in [6.07, 6.45) is 0. The highest BCUT2D eigenvalue weighted by Crippen LogP contribution is 2.28. The summed E-state index contributed by atoms with van der Waals surface area (Å²) in [6.45, 7) is 1.98. The fraction of sp³-hybridized carbons (Fsp3) is 0.0645. The molecule has 0 aliphatic carbocycles. The minimum Gasteiger partial charge on any atom is -0.497 e. The molecular formula is C31H25N3O3. The second kappa shape index (κ2) is 10.3. The summed E-state index contributed by atoms with van der Waals surface area (Å²) in [5.41, 5.74) is 5.55. The molecule has 4 aromatic carbocycles. The highest BCUT2D eigenvalue weighted by atomic mass is 16.5. The summed E-state index contributed by atoms with van der Waals surface area (Å²) in [4.78, 5) is 30.9. The van der Waals surface area contributed by atoms with Crippen molar-refractivity contribution in [3.05, 3.63) is 120 Å². The Kier molecular flexibility index (Phi) is 6.64. The lowest BCUT2D eigenvalue weighted by atomic mass is 10.0. The number of carbonyl (C=O) groups excluding carboxylic acids is 2. The van der Waals surface area contributed by atoms with E-state index in [1.165, 1.54) is 0 Å². The molecule has 0 bridgehead atoms. The molecule has 5 rings (SSSR count). The van der Waals surface area contributed by atoms with E-state index >= 15 is 0 Å². The number of methoxy groups -OCH3 is 1. The maximum atomic E-state index is 13.5. The van der Waals surface area contributed by atoms with Gasteiger partial charge in [-0.1, -0.05) is 35.9 Å². The molecule has 0 atom stereocenters. The van der Waals surface area contributed by atoms with Crippen LogP contribution in [0.3, 0.4) is 0 Å². The van der Waals surface area contributed by atoms with Gasteiger partial charge in [-0.2, -0.15) is 0 Å². The molecule has 2 amide bonds. The van der Waals surface area contributed by atoms with Crippen molar-refractivity contribution in [2.24, 2.45) is 0 Å². The quantitative estimate of drug-likeness (QED) is 0.278. The second-order valence-corrected chi connectivity index (χ2v) is 8.66. The SMILES string of the molecule is COc1ccc(-c2cc(C(=O)Nc3cccc(NC(=O)c4ccccc4)c3)c3cc(C)ccc3n2)cc1. The Morgan fingerprint density at radius 1 is 0.730 bits per heavy atom. The number of hydrogen-bond donors (Lipinski definition) is 2. The van der Waals surface area contributed by atoms with E-state index in [1.807, 2.05) is 67.6 Å². The van der Waals surface area contributed by atoms with Crippen LogP contribution in [0.2, 0.25) is 0 Å². The van der Waals surface area contributed by atoms with Crippen LogP contribution < -0.4 is 15.4 Å². The molecule has 2 N–H and O–H groups in total. The van der Waals surface area contributed by atoms with Gasteiger partial charge in [-0.15, -0.1) is 0 Å². The first-order valence-electron chi connectivity index (χ1n) is 11.8. The molecular weight excluding hydrogens is 462 g/mol. The Bertz CT molecular complexity index is 1600. The number of hydrogen-bond acceptors (Lipinski definition) is 4. The van der Waals surface area contributed by atoms with Crippen LogP contribution in [0.1, 0.15) is 26.3 Å². The number of aromatic nitrogens is 1. The third kappa shape index (κ3) is 5.33. The number of rotatable bonds is 6. The molecule has 0 saturated heterocycles. The van der Waals surface area contributed by atoms with Crippen molar-refractivity contribution in [2.75, 3.05) is 17.7 Å². The summed E-state index contributed by atoms with van der Waals surface area (Å²) in [5.74, 6) is 0.264. The number of benzene rings is 4. The Labute approximate surface area is 215 Å². The van der Waals surface area contributed by atoms with Crippen LogP contribution >= 0.6 is 0 Å². The van der Waals surface area contributed by atoms with Crippen LogP contribution in [0.4, 0.5) is 11.4 Å². The van der Waals surface area contributed by atoms with Gasteiger partial charge in [0.15, 0.2) is 0 Å². The molecule has 0 unspecified atom stereocenters. The molecule has 5 aromatic rings. The Morgan fingerprint density at radius 3 is 2.14 bits per heavy atom. The van der Waals surface area contributed by atoms with E-state index in [-0.39, 0.29) is 11.8 Å². The number of amides is 2.